The largest absolute Gasteiger partial charge is 0.325 e. The van der Waals surface area contributed by atoms with Gasteiger partial charge in [0.1, 0.15) is 0 Å². The molecule has 1 N–H and O–H groups in total. The van der Waals surface area contributed by atoms with Crippen LogP contribution in [0.4, 0.5) is 5.69 Å². The summed E-state index contributed by atoms with van der Waals surface area (Å²) in [6, 6.07) is 15.9. The van der Waals surface area contributed by atoms with Crippen molar-refractivity contribution < 1.29 is 4.79 Å². The Bertz CT molecular complexity index is 876. The highest BCUT2D eigenvalue weighted by atomic mass is 32.2. The molecule has 2 aromatic carbocycles. The molecule has 0 bridgehead atoms. The summed E-state index contributed by atoms with van der Waals surface area (Å²) in [5.74, 6) is 0.164. The summed E-state index contributed by atoms with van der Waals surface area (Å²) in [6.45, 7) is 4.18. The molecule has 3 rings (SSSR count). The van der Waals surface area contributed by atoms with Gasteiger partial charge in [-0.15, -0.1) is 5.10 Å². The van der Waals surface area contributed by atoms with Crippen molar-refractivity contribution in [2.45, 2.75) is 31.8 Å². The average Bonchev–Trinajstić information content (AvgIpc) is 3.15. The molecule has 0 unspecified atom stereocenters. The molecule has 26 heavy (non-hydrogen) atoms. The van der Waals surface area contributed by atoms with E-state index in [1.54, 1.807) is 4.68 Å². The number of amides is 1. The standard InChI is InChI=1S/C19H21N5OS/c1-3-14-9-11-16(12-10-14)24-19(21-22-23-24)26-13-18(25)20-17-8-6-5-7-15(17)4-2/h5-12H,3-4,13H2,1-2H3,(H,20,25). The van der Waals surface area contributed by atoms with Crippen molar-refractivity contribution in [3.05, 3.63) is 59.7 Å². The number of para-hydroxylation sites is 1. The van der Waals surface area contributed by atoms with Crippen LogP contribution in [0.15, 0.2) is 53.7 Å². The fourth-order valence-electron chi connectivity index (χ4n) is 2.57. The van der Waals surface area contributed by atoms with E-state index in [-0.39, 0.29) is 11.7 Å². The minimum atomic E-state index is -0.0771. The molecule has 1 aromatic heterocycles. The van der Waals surface area contributed by atoms with E-state index in [9.17, 15) is 4.79 Å². The van der Waals surface area contributed by atoms with Gasteiger partial charge in [-0.1, -0.05) is 55.9 Å². The van der Waals surface area contributed by atoms with Crippen LogP contribution in [0.25, 0.3) is 5.69 Å². The number of anilines is 1. The van der Waals surface area contributed by atoms with E-state index < -0.39 is 0 Å². The molecule has 0 aliphatic heterocycles. The quantitative estimate of drug-likeness (QED) is 0.647. The number of hydrogen-bond acceptors (Lipinski definition) is 5. The summed E-state index contributed by atoms with van der Waals surface area (Å²) in [5.41, 5.74) is 4.11. The van der Waals surface area contributed by atoms with Gasteiger partial charge in [-0.3, -0.25) is 4.79 Å². The second-order valence-corrected chi connectivity index (χ2v) is 6.68. The van der Waals surface area contributed by atoms with Crippen molar-refractivity contribution in [1.82, 2.24) is 20.2 Å². The van der Waals surface area contributed by atoms with Crippen molar-refractivity contribution in [3.8, 4) is 5.69 Å². The first-order valence-corrected chi connectivity index (χ1v) is 9.58. The van der Waals surface area contributed by atoms with E-state index in [1.165, 1.54) is 17.3 Å². The van der Waals surface area contributed by atoms with Gasteiger partial charge in [-0.05, 0) is 52.6 Å². The first kappa shape index (κ1) is 18.1. The number of aryl methyl sites for hydroxylation is 2. The molecule has 0 saturated heterocycles. The van der Waals surface area contributed by atoms with Gasteiger partial charge in [0, 0.05) is 5.69 Å². The zero-order valence-corrected chi connectivity index (χ0v) is 15.7. The maximum atomic E-state index is 12.3. The number of carbonyl (C=O) groups is 1. The molecule has 134 valence electrons. The normalized spacial score (nSPS) is 10.7. The van der Waals surface area contributed by atoms with Gasteiger partial charge in [0.2, 0.25) is 11.1 Å². The predicted molar refractivity (Wildman–Crippen MR) is 104 cm³/mol. The molecule has 7 heteroatoms. The van der Waals surface area contributed by atoms with Crippen molar-refractivity contribution in [2.75, 3.05) is 11.1 Å². The number of thioether (sulfide) groups is 1. The van der Waals surface area contributed by atoms with E-state index in [4.69, 9.17) is 0 Å². The van der Waals surface area contributed by atoms with Crippen LogP contribution in [0.5, 0.6) is 0 Å². The fraction of sp³-hybridized carbons (Fsp3) is 0.263. The molecule has 3 aromatic rings. The lowest BCUT2D eigenvalue weighted by molar-refractivity contribution is -0.113. The predicted octanol–water partition coefficient (Wildman–Crippen LogP) is 3.52. The highest BCUT2D eigenvalue weighted by Gasteiger charge is 2.12. The lowest BCUT2D eigenvalue weighted by Gasteiger charge is -2.09. The Labute approximate surface area is 157 Å². The van der Waals surface area contributed by atoms with E-state index in [1.807, 2.05) is 36.4 Å². The Morgan fingerprint density at radius 3 is 2.58 bits per heavy atom. The molecule has 0 aliphatic rings. The Kier molecular flexibility index (Phi) is 6.01. The van der Waals surface area contributed by atoms with Crippen LogP contribution in [-0.2, 0) is 17.6 Å². The fourth-order valence-corrected chi connectivity index (χ4v) is 3.26. The van der Waals surface area contributed by atoms with Gasteiger partial charge >= 0.3 is 0 Å². The lowest BCUT2D eigenvalue weighted by Crippen LogP contribution is -2.15. The number of aromatic nitrogens is 4. The highest BCUT2D eigenvalue weighted by Crippen LogP contribution is 2.20. The molecule has 0 atom stereocenters. The summed E-state index contributed by atoms with van der Waals surface area (Å²) >= 11 is 1.31. The lowest BCUT2D eigenvalue weighted by atomic mass is 10.1. The number of benzene rings is 2. The molecule has 1 amide bonds. The third-order valence-electron chi connectivity index (χ3n) is 4.03. The molecule has 0 aliphatic carbocycles. The van der Waals surface area contributed by atoms with Gasteiger partial charge in [0.05, 0.1) is 11.4 Å². The SMILES string of the molecule is CCc1ccc(-n2nnnc2SCC(=O)Nc2ccccc2CC)cc1. The third-order valence-corrected chi connectivity index (χ3v) is 4.95. The van der Waals surface area contributed by atoms with Crippen LogP contribution in [0.3, 0.4) is 0 Å². The zero-order chi connectivity index (χ0) is 18.4. The Hall–Kier alpha value is -2.67. The first-order chi connectivity index (χ1) is 12.7. The van der Waals surface area contributed by atoms with E-state index >= 15 is 0 Å². The van der Waals surface area contributed by atoms with Gasteiger partial charge in [0.25, 0.3) is 0 Å². The molecule has 6 nitrogen and oxygen atoms in total. The molecular formula is C19H21N5OS. The van der Waals surface area contributed by atoms with Crippen LogP contribution in [0.1, 0.15) is 25.0 Å². The summed E-state index contributed by atoms with van der Waals surface area (Å²) in [6.07, 6.45) is 1.85. The highest BCUT2D eigenvalue weighted by molar-refractivity contribution is 7.99. The molecule has 0 spiro atoms. The van der Waals surface area contributed by atoms with E-state index in [0.717, 1.165) is 29.8 Å². The summed E-state index contributed by atoms with van der Waals surface area (Å²) in [4.78, 5) is 12.3. The smallest absolute Gasteiger partial charge is 0.234 e. The van der Waals surface area contributed by atoms with Crippen molar-refractivity contribution in [1.29, 1.82) is 0 Å². The maximum absolute atomic E-state index is 12.3. The number of carbonyl (C=O) groups excluding carboxylic acids is 1. The van der Waals surface area contributed by atoms with E-state index in [0.29, 0.717) is 5.16 Å². The van der Waals surface area contributed by atoms with E-state index in [2.05, 4.69) is 46.8 Å². The van der Waals surface area contributed by atoms with Gasteiger partial charge < -0.3 is 5.32 Å². The van der Waals surface area contributed by atoms with Gasteiger partial charge in [-0.25, -0.2) is 0 Å². The molecule has 0 saturated carbocycles. The van der Waals surface area contributed by atoms with Crippen molar-refractivity contribution in [2.24, 2.45) is 0 Å². The minimum absolute atomic E-state index is 0.0771. The topological polar surface area (TPSA) is 72.7 Å². The van der Waals surface area contributed by atoms with Crippen LogP contribution in [-0.4, -0.2) is 31.9 Å². The van der Waals surface area contributed by atoms with Gasteiger partial charge in [0.15, 0.2) is 0 Å². The zero-order valence-electron chi connectivity index (χ0n) is 14.8. The Morgan fingerprint density at radius 1 is 1.08 bits per heavy atom. The molecular weight excluding hydrogens is 346 g/mol. The average molecular weight is 367 g/mol. The first-order valence-electron chi connectivity index (χ1n) is 8.59. The van der Waals surface area contributed by atoms with Gasteiger partial charge in [-0.2, -0.15) is 4.68 Å². The summed E-state index contributed by atoms with van der Waals surface area (Å²) in [7, 11) is 0. The Morgan fingerprint density at radius 2 is 1.85 bits per heavy atom. The monoisotopic (exact) mass is 367 g/mol. The molecule has 1 heterocycles. The Balaban J connectivity index is 1.65. The second-order valence-electron chi connectivity index (χ2n) is 5.74. The minimum Gasteiger partial charge on any atom is -0.325 e. The maximum Gasteiger partial charge on any atom is 0.234 e. The van der Waals surface area contributed by atoms with Crippen molar-refractivity contribution in [3.63, 3.8) is 0 Å². The van der Waals surface area contributed by atoms with Crippen LogP contribution < -0.4 is 5.32 Å². The molecule has 0 radical (unpaired) electrons. The van der Waals surface area contributed by atoms with Crippen LogP contribution in [0, 0.1) is 0 Å². The summed E-state index contributed by atoms with van der Waals surface area (Å²) in [5, 5.41) is 15.4. The van der Waals surface area contributed by atoms with Crippen LogP contribution in [0.2, 0.25) is 0 Å². The number of nitrogens with zero attached hydrogens (tertiary/aromatic N) is 4. The molecule has 0 fully saturated rings. The summed E-state index contributed by atoms with van der Waals surface area (Å²) < 4.78 is 1.65. The second kappa shape index (κ2) is 8.62. The number of tetrazole rings is 1. The number of rotatable bonds is 7. The number of hydrogen-bond donors (Lipinski definition) is 1. The third kappa shape index (κ3) is 4.29. The number of nitrogens with one attached hydrogen (secondary N) is 1. The van der Waals surface area contributed by atoms with Crippen molar-refractivity contribution >= 4 is 23.4 Å². The van der Waals surface area contributed by atoms with Crippen LogP contribution >= 0.6 is 11.8 Å².